The molecule has 0 aromatic carbocycles. The van der Waals surface area contributed by atoms with Crippen LogP contribution in [-0.4, -0.2) is 53.2 Å². The maximum Gasteiger partial charge on any atom is 0.390 e. The van der Waals surface area contributed by atoms with E-state index < -0.39 is 12.6 Å². The Morgan fingerprint density at radius 2 is 2.00 bits per heavy atom. The Labute approximate surface area is 120 Å². The summed E-state index contributed by atoms with van der Waals surface area (Å²) in [6.07, 6.45) is -3.04. The first kappa shape index (κ1) is 15.5. The number of halogens is 3. The topological polar surface area (TPSA) is 32.3 Å². The standard InChI is InChI=1S/C12H19F3N4S/c1-9-16-11(20-17-9)18(2)10-3-6-19(7-4-10)8-5-12(13,14)15/h10H,3-8H2,1-2H3. The largest absolute Gasteiger partial charge is 0.390 e. The highest BCUT2D eigenvalue weighted by Gasteiger charge is 2.30. The van der Waals surface area contributed by atoms with Crippen LogP contribution < -0.4 is 4.90 Å². The van der Waals surface area contributed by atoms with Crippen LogP contribution in [0.5, 0.6) is 0 Å². The van der Waals surface area contributed by atoms with Gasteiger partial charge in [-0.05, 0) is 19.8 Å². The van der Waals surface area contributed by atoms with Gasteiger partial charge in [-0.2, -0.15) is 17.5 Å². The molecule has 0 bridgehead atoms. The molecule has 1 saturated heterocycles. The van der Waals surface area contributed by atoms with Crippen LogP contribution in [-0.2, 0) is 0 Å². The second-order valence-corrected chi connectivity index (χ2v) is 5.90. The molecule has 4 nitrogen and oxygen atoms in total. The number of aromatic nitrogens is 2. The number of likely N-dealkylation sites (tertiary alicyclic amines) is 1. The van der Waals surface area contributed by atoms with Gasteiger partial charge in [0.15, 0.2) is 0 Å². The van der Waals surface area contributed by atoms with Crippen molar-refractivity contribution in [3.05, 3.63) is 5.82 Å². The van der Waals surface area contributed by atoms with Crippen LogP contribution in [0, 0.1) is 6.92 Å². The lowest BCUT2D eigenvalue weighted by Gasteiger charge is -2.36. The second kappa shape index (κ2) is 6.26. The lowest BCUT2D eigenvalue weighted by atomic mass is 10.0. The monoisotopic (exact) mass is 308 g/mol. The first-order valence-corrected chi connectivity index (χ1v) is 7.45. The summed E-state index contributed by atoms with van der Waals surface area (Å²) in [5, 5.41) is 0.885. The van der Waals surface area contributed by atoms with Gasteiger partial charge in [0.05, 0.1) is 6.42 Å². The SMILES string of the molecule is Cc1nsc(N(C)C2CCN(CCC(F)(F)F)CC2)n1. The minimum absolute atomic E-state index is 0.109. The molecule has 0 N–H and O–H groups in total. The van der Waals surface area contributed by atoms with Crippen molar-refractivity contribution in [3.8, 4) is 0 Å². The van der Waals surface area contributed by atoms with E-state index in [0.717, 1.165) is 23.8 Å². The highest BCUT2D eigenvalue weighted by Crippen LogP contribution is 2.25. The summed E-state index contributed by atoms with van der Waals surface area (Å²) in [7, 11) is 1.98. The van der Waals surface area contributed by atoms with E-state index in [1.165, 1.54) is 11.5 Å². The number of anilines is 1. The molecule has 1 aliphatic rings. The highest BCUT2D eigenvalue weighted by atomic mass is 32.1. The quantitative estimate of drug-likeness (QED) is 0.856. The molecule has 0 aliphatic carbocycles. The Morgan fingerprint density at radius 1 is 1.35 bits per heavy atom. The maximum absolute atomic E-state index is 12.2. The van der Waals surface area contributed by atoms with E-state index in [4.69, 9.17) is 0 Å². The Balaban J connectivity index is 1.79. The van der Waals surface area contributed by atoms with Crippen LogP contribution in [0.15, 0.2) is 0 Å². The van der Waals surface area contributed by atoms with Gasteiger partial charge in [0.2, 0.25) is 5.13 Å². The maximum atomic E-state index is 12.2. The highest BCUT2D eigenvalue weighted by molar-refractivity contribution is 7.09. The van der Waals surface area contributed by atoms with Gasteiger partial charge in [-0.25, -0.2) is 4.98 Å². The molecule has 0 amide bonds. The van der Waals surface area contributed by atoms with E-state index in [2.05, 4.69) is 14.3 Å². The van der Waals surface area contributed by atoms with Crippen molar-refractivity contribution in [2.75, 3.05) is 31.6 Å². The predicted octanol–water partition coefficient (Wildman–Crippen LogP) is 2.70. The molecule has 0 unspecified atom stereocenters. The fourth-order valence-corrected chi connectivity index (χ4v) is 3.11. The molecule has 1 aliphatic heterocycles. The number of hydrogen-bond acceptors (Lipinski definition) is 5. The van der Waals surface area contributed by atoms with E-state index in [1.54, 1.807) is 0 Å². The molecule has 2 rings (SSSR count). The molecule has 0 atom stereocenters. The summed E-state index contributed by atoms with van der Waals surface area (Å²) in [6, 6.07) is 0.337. The van der Waals surface area contributed by atoms with E-state index in [1.807, 2.05) is 18.9 Å². The summed E-state index contributed by atoms with van der Waals surface area (Å²) in [4.78, 5) is 8.34. The third kappa shape index (κ3) is 4.31. The predicted molar refractivity (Wildman–Crippen MR) is 73.2 cm³/mol. The molecule has 2 heterocycles. The zero-order valence-corrected chi connectivity index (χ0v) is 12.5. The lowest BCUT2D eigenvalue weighted by Crippen LogP contribution is -2.44. The van der Waals surface area contributed by atoms with Crippen LogP contribution in [0.25, 0.3) is 0 Å². The number of rotatable bonds is 4. The Hall–Kier alpha value is -0.890. The third-order valence-corrected chi connectivity index (χ3v) is 4.53. The molecular formula is C12H19F3N4S. The van der Waals surface area contributed by atoms with Crippen LogP contribution in [0.3, 0.4) is 0 Å². The van der Waals surface area contributed by atoms with E-state index in [-0.39, 0.29) is 6.54 Å². The summed E-state index contributed by atoms with van der Waals surface area (Å²) < 4.78 is 40.7. The van der Waals surface area contributed by atoms with Crippen LogP contribution in [0.1, 0.15) is 25.1 Å². The zero-order chi connectivity index (χ0) is 14.8. The average Bonchev–Trinajstić information content (AvgIpc) is 2.82. The van der Waals surface area contributed by atoms with Crippen LogP contribution >= 0.6 is 11.5 Å². The average molecular weight is 308 g/mol. The van der Waals surface area contributed by atoms with Gasteiger partial charge in [-0.1, -0.05) is 0 Å². The van der Waals surface area contributed by atoms with Crippen molar-refractivity contribution in [3.63, 3.8) is 0 Å². The number of alkyl halides is 3. The van der Waals surface area contributed by atoms with E-state index >= 15 is 0 Å². The number of aryl methyl sites for hydroxylation is 1. The normalized spacial score (nSPS) is 18.4. The number of hydrogen-bond donors (Lipinski definition) is 0. The van der Waals surface area contributed by atoms with Gasteiger partial charge in [0, 0.05) is 44.3 Å². The zero-order valence-electron chi connectivity index (χ0n) is 11.7. The third-order valence-electron chi connectivity index (χ3n) is 3.63. The first-order valence-electron chi connectivity index (χ1n) is 6.67. The number of piperidine rings is 1. The van der Waals surface area contributed by atoms with Crippen molar-refractivity contribution >= 4 is 16.7 Å². The minimum atomic E-state index is -4.06. The second-order valence-electron chi connectivity index (χ2n) is 5.17. The van der Waals surface area contributed by atoms with Crippen LogP contribution in [0.2, 0.25) is 0 Å². The Bertz CT molecular complexity index is 427. The first-order chi connectivity index (χ1) is 9.35. The number of nitrogens with zero attached hydrogens (tertiary/aromatic N) is 4. The molecule has 1 aromatic rings. The molecule has 0 spiro atoms. The molecule has 1 fully saturated rings. The fourth-order valence-electron chi connectivity index (χ4n) is 2.40. The van der Waals surface area contributed by atoms with E-state index in [0.29, 0.717) is 19.1 Å². The molecule has 114 valence electrons. The van der Waals surface area contributed by atoms with Crippen molar-refractivity contribution in [1.82, 2.24) is 14.3 Å². The van der Waals surface area contributed by atoms with Gasteiger partial charge < -0.3 is 9.80 Å². The summed E-state index contributed by atoms with van der Waals surface area (Å²) in [6.45, 7) is 3.39. The fraction of sp³-hybridized carbons (Fsp3) is 0.833. The summed E-state index contributed by atoms with van der Waals surface area (Å²) >= 11 is 1.37. The van der Waals surface area contributed by atoms with Gasteiger partial charge in [0.1, 0.15) is 5.82 Å². The van der Waals surface area contributed by atoms with Crippen molar-refractivity contribution in [2.24, 2.45) is 0 Å². The Kier molecular flexibility index (Phi) is 4.85. The van der Waals surface area contributed by atoms with Gasteiger partial charge >= 0.3 is 6.18 Å². The van der Waals surface area contributed by atoms with E-state index in [9.17, 15) is 13.2 Å². The van der Waals surface area contributed by atoms with Crippen molar-refractivity contribution in [2.45, 2.75) is 38.4 Å². The summed E-state index contributed by atoms with van der Waals surface area (Å²) in [5.74, 6) is 0.763. The summed E-state index contributed by atoms with van der Waals surface area (Å²) in [5.41, 5.74) is 0. The van der Waals surface area contributed by atoms with Crippen molar-refractivity contribution < 1.29 is 13.2 Å². The molecule has 20 heavy (non-hydrogen) atoms. The molecular weight excluding hydrogens is 289 g/mol. The molecule has 1 aromatic heterocycles. The van der Waals surface area contributed by atoms with Gasteiger partial charge in [0.25, 0.3) is 0 Å². The van der Waals surface area contributed by atoms with Crippen LogP contribution in [0.4, 0.5) is 18.3 Å². The molecule has 0 saturated carbocycles. The lowest BCUT2D eigenvalue weighted by molar-refractivity contribution is -0.138. The Morgan fingerprint density at radius 3 is 2.50 bits per heavy atom. The van der Waals surface area contributed by atoms with Gasteiger partial charge in [-0.3, -0.25) is 0 Å². The minimum Gasteiger partial charge on any atom is -0.347 e. The molecule has 0 radical (unpaired) electrons. The van der Waals surface area contributed by atoms with Gasteiger partial charge in [-0.15, -0.1) is 0 Å². The van der Waals surface area contributed by atoms with Crippen molar-refractivity contribution in [1.29, 1.82) is 0 Å². The molecule has 8 heteroatoms. The smallest absolute Gasteiger partial charge is 0.347 e.